The smallest absolute Gasteiger partial charge is 0.294 e. The van der Waals surface area contributed by atoms with Crippen molar-refractivity contribution in [3.8, 4) is 0 Å². The van der Waals surface area contributed by atoms with E-state index in [2.05, 4.69) is 10.4 Å². The van der Waals surface area contributed by atoms with E-state index in [0.717, 1.165) is 5.69 Å². The summed E-state index contributed by atoms with van der Waals surface area (Å²) in [5, 5.41) is 18.5. The average Bonchev–Trinajstić information content (AvgIpc) is 2.62. The summed E-state index contributed by atoms with van der Waals surface area (Å²) in [6.45, 7) is 1.80. The maximum Gasteiger partial charge on any atom is 0.294 e. The summed E-state index contributed by atoms with van der Waals surface area (Å²) in [5.74, 6) is 0. The minimum absolute atomic E-state index is 0.141. The van der Waals surface area contributed by atoms with Gasteiger partial charge in [0.2, 0.25) is 0 Å². The first kappa shape index (κ1) is 13.6. The van der Waals surface area contributed by atoms with E-state index < -0.39 is 4.92 Å². The molecule has 0 aliphatic carbocycles. The summed E-state index contributed by atoms with van der Waals surface area (Å²) in [7, 11) is 1.77. The highest BCUT2D eigenvalue weighted by Gasteiger charge is 2.18. The number of nitrogens with one attached hydrogen (secondary N) is 1. The first-order chi connectivity index (χ1) is 8.88. The number of nitrogens with zero attached hydrogens (tertiary/aromatic N) is 3. The van der Waals surface area contributed by atoms with Gasteiger partial charge < -0.3 is 5.32 Å². The Kier molecular flexibility index (Phi) is 3.64. The number of nitro groups is 1. The van der Waals surface area contributed by atoms with E-state index in [0.29, 0.717) is 5.69 Å². The van der Waals surface area contributed by atoms with Gasteiger partial charge in [0.05, 0.1) is 26.3 Å². The second-order valence-electron chi connectivity index (χ2n) is 3.97. The second kappa shape index (κ2) is 5.07. The van der Waals surface area contributed by atoms with Crippen LogP contribution in [0.4, 0.5) is 17.1 Å². The monoisotopic (exact) mass is 300 g/mol. The van der Waals surface area contributed by atoms with E-state index >= 15 is 0 Å². The Morgan fingerprint density at radius 3 is 2.47 bits per heavy atom. The van der Waals surface area contributed by atoms with Crippen molar-refractivity contribution >= 4 is 40.3 Å². The van der Waals surface area contributed by atoms with Crippen LogP contribution in [-0.4, -0.2) is 14.7 Å². The van der Waals surface area contributed by atoms with Crippen molar-refractivity contribution in [1.82, 2.24) is 9.78 Å². The van der Waals surface area contributed by atoms with E-state index in [1.165, 1.54) is 12.1 Å². The number of benzene rings is 1. The molecule has 1 N–H and O–H groups in total. The highest BCUT2D eigenvalue weighted by molar-refractivity contribution is 6.42. The topological polar surface area (TPSA) is 73.0 Å². The fourth-order valence-corrected chi connectivity index (χ4v) is 1.98. The maximum atomic E-state index is 11.0. The Hall–Kier alpha value is -1.79. The van der Waals surface area contributed by atoms with E-state index in [9.17, 15) is 10.1 Å². The quantitative estimate of drug-likeness (QED) is 0.693. The number of nitro benzene ring substituents is 1. The van der Waals surface area contributed by atoms with Gasteiger partial charge >= 0.3 is 0 Å². The van der Waals surface area contributed by atoms with Crippen LogP contribution in [0.5, 0.6) is 0 Å². The Balaban J connectivity index is 2.47. The van der Waals surface area contributed by atoms with E-state index in [1.807, 2.05) is 0 Å². The fraction of sp³-hybridized carbons (Fsp3) is 0.182. The van der Waals surface area contributed by atoms with Crippen LogP contribution in [0, 0.1) is 17.0 Å². The number of rotatable bonds is 3. The van der Waals surface area contributed by atoms with Crippen LogP contribution in [0.15, 0.2) is 18.3 Å². The molecule has 19 heavy (non-hydrogen) atoms. The van der Waals surface area contributed by atoms with Crippen LogP contribution < -0.4 is 5.32 Å². The van der Waals surface area contributed by atoms with Crippen molar-refractivity contribution in [2.45, 2.75) is 6.92 Å². The molecule has 0 amide bonds. The molecular formula is C11H10Cl2N4O2. The molecule has 0 atom stereocenters. The molecule has 0 aliphatic heterocycles. The van der Waals surface area contributed by atoms with Gasteiger partial charge in [0.1, 0.15) is 5.69 Å². The molecule has 100 valence electrons. The summed E-state index contributed by atoms with van der Waals surface area (Å²) >= 11 is 11.7. The highest BCUT2D eigenvalue weighted by Crippen LogP contribution is 2.35. The zero-order chi connectivity index (χ0) is 14.2. The molecule has 6 nitrogen and oxygen atoms in total. The van der Waals surface area contributed by atoms with Crippen molar-refractivity contribution in [1.29, 1.82) is 0 Å². The lowest BCUT2D eigenvalue weighted by Crippen LogP contribution is -1.97. The lowest BCUT2D eigenvalue weighted by atomic mass is 10.2. The van der Waals surface area contributed by atoms with Gasteiger partial charge in [-0.15, -0.1) is 0 Å². The molecule has 8 heteroatoms. The molecular weight excluding hydrogens is 291 g/mol. The molecule has 0 spiro atoms. The zero-order valence-electron chi connectivity index (χ0n) is 10.1. The fourth-order valence-electron chi connectivity index (χ4n) is 1.65. The molecule has 1 aromatic carbocycles. The third-order valence-corrected chi connectivity index (χ3v) is 3.24. The predicted molar refractivity (Wildman–Crippen MR) is 74.3 cm³/mol. The minimum atomic E-state index is -0.518. The van der Waals surface area contributed by atoms with Crippen molar-refractivity contribution in [3.05, 3.63) is 44.2 Å². The molecule has 0 radical (unpaired) electrons. The minimum Gasteiger partial charge on any atom is -0.347 e. The second-order valence-corrected chi connectivity index (χ2v) is 4.78. The molecule has 0 saturated carbocycles. The van der Waals surface area contributed by atoms with Gasteiger partial charge in [-0.05, 0) is 13.0 Å². The number of halogens is 2. The van der Waals surface area contributed by atoms with Gasteiger partial charge in [0.15, 0.2) is 0 Å². The molecule has 1 heterocycles. The van der Waals surface area contributed by atoms with Crippen molar-refractivity contribution in [2.24, 2.45) is 7.05 Å². The molecule has 0 fully saturated rings. The summed E-state index contributed by atoms with van der Waals surface area (Å²) in [4.78, 5) is 10.5. The number of anilines is 2. The van der Waals surface area contributed by atoms with Crippen LogP contribution in [0.3, 0.4) is 0 Å². The Bertz CT molecular complexity index is 654. The Morgan fingerprint density at radius 1 is 1.32 bits per heavy atom. The average molecular weight is 301 g/mol. The third kappa shape index (κ3) is 2.80. The van der Waals surface area contributed by atoms with Crippen LogP contribution in [-0.2, 0) is 7.05 Å². The SMILES string of the molecule is Cc1nn(C)cc1Nc1cc(Cl)c(Cl)cc1[N+](=O)[O-]. The third-order valence-electron chi connectivity index (χ3n) is 2.52. The van der Waals surface area contributed by atoms with Gasteiger partial charge in [-0.1, -0.05) is 23.2 Å². The number of aromatic nitrogens is 2. The standard InChI is InChI=1S/C11H10Cl2N4O2/c1-6-10(5-16(2)15-6)14-9-3-7(12)8(13)4-11(9)17(18)19/h3-5,14H,1-2H3. The van der Waals surface area contributed by atoms with Gasteiger partial charge in [-0.25, -0.2) is 0 Å². The first-order valence-electron chi connectivity index (χ1n) is 5.29. The van der Waals surface area contributed by atoms with Gasteiger partial charge in [0, 0.05) is 19.3 Å². The van der Waals surface area contributed by atoms with E-state index in [4.69, 9.17) is 23.2 Å². The summed E-state index contributed by atoms with van der Waals surface area (Å²) in [5.41, 5.74) is 1.53. The van der Waals surface area contributed by atoms with Gasteiger partial charge in [-0.2, -0.15) is 5.10 Å². The molecule has 0 saturated heterocycles. The number of hydrogen-bond acceptors (Lipinski definition) is 4. The molecule has 1 aromatic heterocycles. The molecule has 0 bridgehead atoms. The van der Waals surface area contributed by atoms with Crippen LogP contribution in [0.25, 0.3) is 0 Å². The van der Waals surface area contributed by atoms with Gasteiger partial charge in [-0.3, -0.25) is 14.8 Å². The Labute approximate surface area is 119 Å². The van der Waals surface area contributed by atoms with Crippen LogP contribution in [0.1, 0.15) is 5.69 Å². The van der Waals surface area contributed by atoms with Crippen LogP contribution in [0.2, 0.25) is 10.0 Å². The van der Waals surface area contributed by atoms with Crippen LogP contribution >= 0.6 is 23.2 Å². The summed E-state index contributed by atoms with van der Waals surface area (Å²) in [6, 6.07) is 2.65. The van der Waals surface area contributed by atoms with E-state index in [-0.39, 0.29) is 21.4 Å². The maximum absolute atomic E-state index is 11.0. The normalized spacial score (nSPS) is 10.5. The summed E-state index contributed by atoms with van der Waals surface area (Å²) < 4.78 is 1.61. The largest absolute Gasteiger partial charge is 0.347 e. The highest BCUT2D eigenvalue weighted by atomic mass is 35.5. The lowest BCUT2D eigenvalue weighted by molar-refractivity contribution is -0.383. The lowest BCUT2D eigenvalue weighted by Gasteiger charge is -2.07. The molecule has 0 unspecified atom stereocenters. The van der Waals surface area contributed by atoms with Gasteiger partial charge in [0.25, 0.3) is 5.69 Å². The first-order valence-corrected chi connectivity index (χ1v) is 6.05. The van der Waals surface area contributed by atoms with Crippen molar-refractivity contribution < 1.29 is 4.92 Å². The molecule has 2 rings (SSSR count). The van der Waals surface area contributed by atoms with E-state index in [1.54, 1.807) is 24.9 Å². The summed E-state index contributed by atoms with van der Waals surface area (Å²) in [6.07, 6.45) is 1.72. The van der Waals surface area contributed by atoms with Crippen molar-refractivity contribution in [2.75, 3.05) is 5.32 Å². The zero-order valence-corrected chi connectivity index (χ0v) is 11.7. The number of aryl methyl sites for hydroxylation is 2. The molecule has 2 aromatic rings. The predicted octanol–water partition coefficient (Wildman–Crippen LogP) is 3.69. The number of hydrogen-bond donors (Lipinski definition) is 1. The Morgan fingerprint density at radius 2 is 1.95 bits per heavy atom. The molecule has 0 aliphatic rings. The van der Waals surface area contributed by atoms with Crippen molar-refractivity contribution in [3.63, 3.8) is 0 Å².